The van der Waals surface area contributed by atoms with Crippen molar-refractivity contribution < 1.29 is 0 Å². The van der Waals surface area contributed by atoms with Crippen LogP contribution in [0.15, 0.2) is 0 Å². The van der Waals surface area contributed by atoms with Crippen LogP contribution < -0.4 is 0 Å². The third-order valence-corrected chi connectivity index (χ3v) is 3.29. The Morgan fingerprint density at radius 2 is 1.75 bits per heavy atom. The maximum Gasteiger partial charge on any atom is 0.0115 e. The van der Waals surface area contributed by atoms with Gasteiger partial charge >= 0.3 is 0 Å². The molecule has 1 rings (SSSR count). The lowest BCUT2D eigenvalue weighted by Crippen LogP contribution is -2.61. The highest BCUT2D eigenvalue weighted by Crippen LogP contribution is 2.39. The molecule has 0 saturated carbocycles. The van der Waals surface area contributed by atoms with Crippen molar-refractivity contribution in [3.8, 4) is 0 Å². The lowest BCUT2D eigenvalue weighted by Gasteiger charge is -2.54. The summed E-state index contributed by atoms with van der Waals surface area (Å²) in [5, 5.41) is 0. The average Bonchev–Trinajstić information content (AvgIpc) is 1.80. The van der Waals surface area contributed by atoms with E-state index in [0.717, 1.165) is 18.0 Å². The zero-order valence-corrected chi connectivity index (χ0v) is 9.39. The highest BCUT2D eigenvalue weighted by molar-refractivity contribution is 4.96. The van der Waals surface area contributed by atoms with Crippen LogP contribution in [0.2, 0.25) is 0 Å². The van der Waals surface area contributed by atoms with Gasteiger partial charge in [-0.25, -0.2) is 0 Å². The van der Waals surface area contributed by atoms with Gasteiger partial charge in [0.05, 0.1) is 0 Å². The molecule has 0 bridgehead atoms. The quantitative estimate of drug-likeness (QED) is 0.583. The second-order valence-electron chi connectivity index (χ2n) is 5.50. The summed E-state index contributed by atoms with van der Waals surface area (Å²) in [4.78, 5) is 2.58. The molecule has 2 atom stereocenters. The summed E-state index contributed by atoms with van der Waals surface area (Å²) in [5.41, 5.74) is 0.491. The molecular weight excluding hydrogens is 146 g/mol. The minimum Gasteiger partial charge on any atom is -0.298 e. The van der Waals surface area contributed by atoms with Crippen LogP contribution in [0.5, 0.6) is 0 Å². The number of nitrogens with zero attached hydrogens (tertiary/aromatic N) is 1. The van der Waals surface area contributed by atoms with E-state index >= 15 is 0 Å². The van der Waals surface area contributed by atoms with E-state index in [1.807, 2.05) is 0 Å². The molecule has 0 aliphatic carbocycles. The van der Waals surface area contributed by atoms with Gasteiger partial charge in [0.15, 0.2) is 0 Å². The summed E-state index contributed by atoms with van der Waals surface area (Å²) in [6, 6.07) is 1.50. The zero-order valence-electron chi connectivity index (χ0n) is 9.39. The molecule has 0 aromatic carbocycles. The van der Waals surface area contributed by atoms with Crippen molar-refractivity contribution in [1.29, 1.82) is 0 Å². The first-order valence-corrected chi connectivity index (χ1v) is 5.09. The van der Waals surface area contributed by atoms with Crippen molar-refractivity contribution in [3.63, 3.8) is 0 Å². The minimum atomic E-state index is 0.491. The SMILES string of the molecule is CC(C)N1CC(C(C)(C)C)C1C. The van der Waals surface area contributed by atoms with Crippen molar-refractivity contribution in [2.45, 2.75) is 53.6 Å². The van der Waals surface area contributed by atoms with Gasteiger partial charge in [-0.1, -0.05) is 20.8 Å². The van der Waals surface area contributed by atoms with Crippen LogP contribution in [0.25, 0.3) is 0 Å². The van der Waals surface area contributed by atoms with Crippen molar-refractivity contribution in [1.82, 2.24) is 4.90 Å². The van der Waals surface area contributed by atoms with Gasteiger partial charge in [0.1, 0.15) is 0 Å². The second-order valence-corrected chi connectivity index (χ2v) is 5.50. The van der Waals surface area contributed by atoms with E-state index in [1.54, 1.807) is 0 Å². The number of hydrogen-bond acceptors (Lipinski definition) is 1. The molecule has 1 nitrogen and oxygen atoms in total. The Balaban J connectivity index is 2.49. The topological polar surface area (TPSA) is 3.24 Å². The van der Waals surface area contributed by atoms with Gasteiger partial charge < -0.3 is 0 Å². The number of hydrogen-bond donors (Lipinski definition) is 0. The third-order valence-electron chi connectivity index (χ3n) is 3.29. The lowest BCUT2D eigenvalue weighted by molar-refractivity contribution is -0.0551. The summed E-state index contributed by atoms with van der Waals surface area (Å²) in [6.07, 6.45) is 0. The molecule has 0 spiro atoms. The Morgan fingerprint density at radius 1 is 1.25 bits per heavy atom. The Labute approximate surface area is 77.1 Å². The Bertz CT molecular complexity index is 155. The van der Waals surface area contributed by atoms with Gasteiger partial charge in [-0.15, -0.1) is 0 Å². The van der Waals surface area contributed by atoms with Crippen molar-refractivity contribution >= 4 is 0 Å². The largest absolute Gasteiger partial charge is 0.298 e. The van der Waals surface area contributed by atoms with Gasteiger partial charge in [0.25, 0.3) is 0 Å². The van der Waals surface area contributed by atoms with E-state index in [4.69, 9.17) is 0 Å². The molecule has 0 N–H and O–H groups in total. The fraction of sp³-hybridized carbons (Fsp3) is 1.00. The number of likely N-dealkylation sites (tertiary alicyclic amines) is 1. The van der Waals surface area contributed by atoms with Gasteiger partial charge in [-0.3, -0.25) is 4.90 Å². The first kappa shape index (κ1) is 10.0. The van der Waals surface area contributed by atoms with Crippen molar-refractivity contribution in [2.75, 3.05) is 6.54 Å². The summed E-state index contributed by atoms with van der Waals surface area (Å²) in [5.74, 6) is 0.889. The van der Waals surface area contributed by atoms with E-state index < -0.39 is 0 Å². The number of rotatable bonds is 1. The average molecular weight is 169 g/mol. The fourth-order valence-electron chi connectivity index (χ4n) is 2.32. The van der Waals surface area contributed by atoms with E-state index in [9.17, 15) is 0 Å². The van der Waals surface area contributed by atoms with Crippen molar-refractivity contribution in [2.24, 2.45) is 11.3 Å². The minimum absolute atomic E-state index is 0.491. The lowest BCUT2D eigenvalue weighted by atomic mass is 9.70. The van der Waals surface area contributed by atoms with Crippen LogP contribution in [0.3, 0.4) is 0 Å². The van der Waals surface area contributed by atoms with Gasteiger partial charge in [0.2, 0.25) is 0 Å². The molecule has 1 aliphatic rings. The van der Waals surface area contributed by atoms with E-state index in [2.05, 4.69) is 46.4 Å². The maximum absolute atomic E-state index is 2.58. The molecule has 1 heterocycles. The van der Waals surface area contributed by atoms with Gasteiger partial charge in [0, 0.05) is 18.6 Å². The van der Waals surface area contributed by atoms with Crippen LogP contribution in [0.1, 0.15) is 41.5 Å². The molecule has 1 saturated heterocycles. The standard InChI is InChI=1S/C11H23N/c1-8(2)12-7-10(9(12)3)11(4,5)6/h8-10H,7H2,1-6H3. The molecule has 0 aromatic heterocycles. The smallest absolute Gasteiger partial charge is 0.0115 e. The molecular formula is C11H23N. The normalized spacial score (nSPS) is 32.2. The molecule has 12 heavy (non-hydrogen) atoms. The summed E-state index contributed by atoms with van der Waals surface area (Å²) in [6.45, 7) is 15.3. The van der Waals surface area contributed by atoms with E-state index in [0.29, 0.717) is 5.41 Å². The van der Waals surface area contributed by atoms with Crippen LogP contribution in [0.4, 0.5) is 0 Å². The van der Waals surface area contributed by atoms with Crippen LogP contribution in [0, 0.1) is 11.3 Å². The summed E-state index contributed by atoms with van der Waals surface area (Å²) >= 11 is 0. The third kappa shape index (κ3) is 1.66. The highest BCUT2D eigenvalue weighted by Gasteiger charge is 2.42. The van der Waals surface area contributed by atoms with Gasteiger partial charge in [-0.05, 0) is 32.1 Å². The maximum atomic E-state index is 2.58. The monoisotopic (exact) mass is 169 g/mol. The zero-order chi connectivity index (χ0) is 9.52. The van der Waals surface area contributed by atoms with Crippen LogP contribution in [-0.2, 0) is 0 Å². The Hall–Kier alpha value is -0.0400. The Kier molecular flexibility index (Phi) is 2.53. The van der Waals surface area contributed by atoms with Gasteiger partial charge in [-0.2, -0.15) is 0 Å². The first-order chi connectivity index (χ1) is 5.34. The predicted octanol–water partition coefficient (Wildman–Crippen LogP) is 2.76. The predicted molar refractivity (Wildman–Crippen MR) is 54.2 cm³/mol. The van der Waals surface area contributed by atoms with E-state index in [1.165, 1.54) is 6.54 Å². The van der Waals surface area contributed by atoms with E-state index in [-0.39, 0.29) is 0 Å². The molecule has 1 fully saturated rings. The molecule has 1 aliphatic heterocycles. The molecule has 0 amide bonds. The van der Waals surface area contributed by atoms with Crippen LogP contribution >= 0.6 is 0 Å². The molecule has 0 aromatic rings. The molecule has 1 heteroatoms. The fourth-order valence-corrected chi connectivity index (χ4v) is 2.32. The molecule has 72 valence electrons. The summed E-state index contributed by atoms with van der Waals surface area (Å²) < 4.78 is 0. The Morgan fingerprint density at radius 3 is 2.00 bits per heavy atom. The van der Waals surface area contributed by atoms with Crippen molar-refractivity contribution in [3.05, 3.63) is 0 Å². The molecule has 0 radical (unpaired) electrons. The molecule has 2 unspecified atom stereocenters. The first-order valence-electron chi connectivity index (χ1n) is 5.09. The van der Waals surface area contributed by atoms with Crippen LogP contribution in [-0.4, -0.2) is 23.5 Å². The summed E-state index contributed by atoms with van der Waals surface area (Å²) in [7, 11) is 0. The second kappa shape index (κ2) is 3.02. The highest BCUT2D eigenvalue weighted by atomic mass is 15.2.